The maximum Gasteiger partial charge on any atom is 0.100 e. The van der Waals surface area contributed by atoms with Crippen molar-refractivity contribution < 1.29 is 0 Å². The molecule has 4 nitrogen and oxygen atoms in total. The van der Waals surface area contributed by atoms with Crippen LogP contribution in [0.15, 0.2) is 85.2 Å². The molecular formula is C25H26N4. The highest BCUT2D eigenvalue weighted by Gasteiger charge is 2.21. The van der Waals surface area contributed by atoms with Gasteiger partial charge in [0, 0.05) is 37.9 Å². The van der Waals surface area contributed by atoms with Gasteiger partial charge in [0.1, 0.15) is 6.33 Å². The molecule has 4 heteroatoms. The summed E-state index contributed by atoms with van der Waals surface area (Å²) in [5.74, 6) is 0. The SMILES string of the molecule is c1ccc(CN2CC[C@@H](NCc3ccc(-n4cnc5ccccc54)cc3)C2)cc1. The minimum atomic E-state index is 0.566. The zero-order valence-corrected chi connectivity index (χ0v) is 16.5. The molecule has 1 aromatic heterocycles. The molecule has 0 bridgehead atoms. The molecule has 146 valence electrons. The van der Waals surface area contributed by atoms with Crippen LogP contribution in [0.3, 0.4) is 0 Å². The van der Waals surface area contributed by atoms with Crippen LogP contribution in [0.1, 0.15) is 17.5 Å². The number of hydrogen-bond acceptors (Lipinski definition) is 3. The first kappa shape index (κ1) is 18.1. The number of aromatic nitrogens is 2. The van der Waals surface area contributed by atoms with Gasteiger partial charge in [-0.15, -0.1) is 0 Å². The van der Waals surface area contributed by atoms with Crippen molar-refractivity contribution in [2.45, 2.75) is 25.6 Å². The van der Waals surface area contributed by atoms with Crippen LogP contribution in [0.4, 0.5) is 0 Å². The van der Waals surface area contributed by atoms with Crippen LogP contribution in [0, 0.1) is 0 Å². The van der Waals surface area contributed by atoms with Crippen LogP contribution >= 0.6 is 0 Å². The van der Waals surface area contributed by atoms with Crippen molar-refractivity contribution in [3.63, 3.8) is 0 Å². The van der Waals surface area contributed by atoms with E-state index in [2.05, 4.69) is 86.5 Å². The molecule has 1 atom stereocenters. The lowest BCUT2D eigenvalue weighted by atomic mass is 10.1. The Morgan fingerprint density at radius 2 is 1.66 bits per heavy atom. The Balaban J connectivity index is 1.17. The summed E-state index contributed by atoms with van der Waals surface area (Å²) in [7, 11) is 0. The quantitative estimate of drug-likeness (QED) is 0.537. The predicted octanol–water partition coefficient (Wildman–Crippen LogP) is 4.39. The molecule has 3 aromatic carbocycles. The number of imidazole rings is 1. The van der Waals surface area contributed by atoms with Crippen molar-refractivity contribution in [1.82, 2.24) is 19.8 Å². The molecule has 0 unspecified atom stereocenters. The summed E-state index contributed by atoms with van der Waals surface area (Å²) in [4.78, 5) is 7.03. The van der Waals surface area contributed by atoms with Crippen LogP contribution in [0.25, 0.3) is 16.7 Å². The molecule has 4 aromatic rings. The van der Waals surface area contributed by atoms with E-state index in [9.17, 15) is 0 Å². The Hall–Kier alpha value is -2.95. The van der Waals surface area contributed by atoms with E-state index in [-0.39, 0.29) is 0 Å². The molecular weight excluding hydrogens is 356 g/mol. The summed E-state index contributed by atoms with van der Waals surface area (Å²) in [6.07, 6.45) is 3.11. The molecule has 0 amide bonds. The molecule has 29 heavy (non-hydrogen) atoms. The number of nitrogens with zero attached hydrogens (tertiary/aromatic N) is 3. The summed E-state index contributed by atoms with van der Waals surface area (Å²) in [5, 5.41) is 3.74. The summed E-state index contributed by atoms with van der Waals surface area (Å²) in [5.41, 5.74) is 6.04. The molecule has 1 fully saturated rings. The van der Waals surface area contributed by atoms with Gasteiger partial charge in [-0.05, 0) is 41.8 Å². The van der Waals surface area contributed by atoms with E-state index in [1.807, 2.05) is 18.5 Å². The summed E-state index contributed by atoms with van der Waals surface area (Å²) < 4.78 is 2.14. The first-order valence-electron chi connectivity index (χ1n) is 10.4. The normalized spacial score (nSPS) is 17.2. The molecule has 1 saturated heterocycles. The van der Waals surface area contributed by atoms with Gasteiger partial charge in [-0.3, -0.25) is 9.47 Å². The van der Waals surface area contributed by atoms with Gasteiger partial charge in [-0.1, -0.05) is 54.6 Å². The van der Waals surface area contributed by atoms with Crippen LogP contribution < -0.4 is 5.32 Å². The Morgan fingerprint density at radius 3 is 2.52 bits per heavy atom. The van der Waals surface area contributed by atoms with Gasteiger partial charge in [0.15, 0.2) is 0 Å². The zero-order chi connectivity index (χ0) is 19.5. The molecule has 0 saturated carbocycles. The standard InChI is InChI=1S/C25H26N4/c1-2-6-21(7-3-1)17-28-15-14-22(18-28)26-16-20-10-12-23(13-11-20)29-19-27-24-8-4-5-9-25(24)29/h1-13,19,22,26H,14-18H2/t22-/m1/s1. The molecule has 0 radical (unpaired) electrons. The highest BCUT2D eigenvalue weighted by atomic mass is 15.2. The van der Waals surface area contributed by atoms with Crippen LogP contribution in [0.2, 0.25) is 0 Å². The van der Waals surface area contributed by atoms with E-state index in [0.717, 1.165) is 36.4 Å². The van der Waals surface area contributed by atoms with Crippen LogP contribution in [0.5, 0.6) is 0 Å². The van der Waals surface area contributed by atoms with Crippen molar-refractivity contribution >= 4 is 11.0 Å². The van der Waals surface area contributed by atoms with E-state index in [1.165, 1.54) is 24.1 Å². The lowest BCUT2D eigenvalue weighted by Crippen LogP contribution is -2.31. The third kappa shape index (κ3) is 4.09. The minimum Gasteiger partial charge on any atom is -0.309 e. The van der Waals surface area contributed by atoms with Crippen LogP contribution in [-0.4, -0.2) is 33.6 Å². The number of fused-ring (bicyclic) bond motifs is 1. The Morgan fingerprint density at radius 1 is 0.862 bits per heavy atom. The third-order valence-corrected chi connectivity index (χ3v) is 5.78. The average molecular weight is 383 g/mol. The second kappa shape index (κ2) is 8.19. The summed E-state index contributed by atoms with van der Waals surface area (Å²) in [6, 6.07) is 28.4. The maximum atomic E-state index is 4.49. The Bertz CT molecular complexity index is 1070. The second-order valence-electron chi connectivity index (χ2n) is 7.86. The number of nitrogens with one attached hydrogen (secondary N) is 1. The fourth-order valence-corrected chi connectivity index (χ4v) is 4.19. The van der Waals surface area contributed by atoms with Crippen molar-refractivity contribution in [2.75, 3.05) is 13.1 Å². The van der Waals surface area contributed by atoms with Gasteiger partial charge < -0.3 is 5.32 Å². The molecule has 1 aliphatic rings. The van der Waals surface area contributed by atoms with Crippen molar-refractivity contribution in [3.8, 4) is 5.69 Å². The number of benzene rings is 3. The zero-order valence-electron chi connectivity index (χ0n) is 16.5. The average Bonchev–Trinajstić information content (AvgIpc) is 3.40. The highest BCUT2D eigenvalue weighted by molar-refractivity contribution is 5.77. The fourth-order valence-electron chi connectivity index (χ4n) is 4.19. The maximum absolute atomic E-state index is 4.49. The first-order valence-corrected chi connectivity index (χ1v) is 10.4. The second-order valence-corrected chi connectivity index (χ2v) is 7.86. The van der Waals surface area contributed by atoms with E-state index < -0.39 is 0 Å². The monoisotopic (exact) mass is 382 g/mol. The van der Waals surface area contributed by atoms with Crippen molar-refractivity contribution in [2.24, 2.45) is 0 Å². The van der Waals surface area contributed by atoms with Crippen molar-refractivity contribution in [1.29, 1.82) is 0 Å². The molecule has 1 N–H and O–H groups in total. The minimum absolute atomic E-state index is 0.566. The topological polar surface area (TPSA) is 33.1 Å². The van der Waals surface area contributed by atoms with Gasteiger partial charge in [0.25, 0.3) is 0 Å². The number of para-hydroxylation sites is 2. The fraction of sp³-hybridized carbons (Fsp3) is 0.240. The third-order valence-electron chi connectivity index (χ3n) is 5.78. The summed E-state index contributed by atoms with van der Waals surface area (Å²) in [6.45, 7) is 4.24. The van der Waals surface area contributed by atoms with E-state index in [0.29, 0.717) is 6.04 Å². The van der Waals surface area contributed by atoms with E-state index in [4.69, 9.17) is 0 Å². The highest BCUT2D eigenvalue weighted by Crippen LogP contribution is 2.19. The smallest absolute Gasteiger partial charge is 0.100 e. The van der Waals surface area contributed by atoms with Crippen LogP contribution in [-0.2, 0) is 13.1 Å². The predicted molar refractivity (Wildman–Crippen MR) is 118 cm³/mol. The van der Waals surface area contributed by atoms with Gasteiger partial charge in [0.2, 0.25) is 0 Å². The lowest BCUT2D eigenvalue weighted by molar-refractivity contribution is 0.320. The lowest BCUT2D eigenvalue weighted by Gasteiger charge is -2.17. The Labute approximate surface area is 171 Å². The van der Waals surface area contributed by atoms with E-state index >= 15 is 0 Å². The molecule has 5 rings (SSSR count). The van der Waals surface area contributed by atoms with Gasteiger partial charge in [0.05, 0.1) is 11.0 Å². The number of hydrogen-bond donors (Lipinski definition) is 1. The first-order chi connectivity index (χ1) is 14.3. The van der Waals surface area contributed by atoms with Gasteiger partial charge >= 0.3 is 0 Å². The van der Waals surface area contributed by atoms with Gasteiger partial charge in [-0.25, -0.2) is 4.98 Å². The molecule has 2 heterocycles. The van der Waals surface area contributed by atoms with E-state index in [1.54, 1.807) is 0 Å². The Kier molecular flexibility index (Phi) is 5.11. The number of rotatable bonds is 6. The largest absolute Gasteiger partial charge is 0.309 e. The summed E-state index contributed by atoms with van der Waals surface area (Å²) >= 11 is 0. The van der Waals surface area contributed by atoms with Gasteiger partial charge in [-0.2, -0.15) is 0 Å². The molecule has 0 aliphatic carbocycles. The number of likely N-dealkylation sites (tertiary alicyclic amines) is 1. The molecule has 1 aliphatic heterocycles. The molecule has 0 spiro atoms. The van der Waals surface area contributed by atoms with Crippen molar-refractivity contribution in [3.05, 3.63) is 96.3 Å².